The third-order valence-corrected chi connectivity index (χ3v) is 4.05. The number of H-pyrrole nitrogens is 1. The third kappa shape index (κ3) is 3.24. The predicted octanol–water partition coefficient (Wildman–Crippen LogP) is 1.50. The molecule has 3 rings (SSSR count). The summed E-state index contributed by atoms with van der Waals surface area (Å²) >= 11 is 0. The first-order valence-electron chi connectivity index (χ1n) is 8.03. The van der Waals surface area contributed by atoms with Crippen LogP contribution in [0, 0.1) is 0 Å². The van der Waals surface area contributed by atoms with Crippen LogP contribution in [0.25, 0.3) is 10.9 Å². The van der Waals surface area contributed by atoms with Crippen molar-refractivity contribution in [3.8, 4) is 0 Å². The minimum Gasteiger partial charge on any atom is -0.361 e. The minimum atomic E-state index is -0.769. The summed E-state index contributed by atoms with van der Waals surface area (Å²) in [6.45, 7) is 2.64. The van der Waals surface area contributed by atoms with Gasteiger partial charge in [0.2, 0.25) is 5.91 Å². The van der Waals surface area contributed by atoms with Gasteiger partial charge in [0.15, 0.2) is 0 Å². The van der Waals surface area contributed by atoms with E-state index in [0.29, 0.717) is 19.5 Å². The number of urea groups is 1. The average molecular weight is 328 g/mol. The number of hydrogen-bond acceptors (Lipinski definition) is 3. The molecule has 0 saturated carbocycles. The lowest BCUT2D eigenvalue weighted by Crippen LogP contribution is -2.36. The quantitative estimate of drug-likeness (QED) is 0.702. The number of hydrogen-bond donors (Lipinski definition) is 3. The zero-order chi connectivity index (χ0) is 17.1. The Morgan fingerprint density at radius 2 is 2.12 bits per heavy atom. The van der Waals surface area contributed by atoms with Crippen LogP contribution in [-0.4, -0.2) is 40.3 Å². The van der Waals surface area contributed by atoms with Crippen LogP contribution in [0.15, 0.2) is 30.5 Å². The summed E-state index contributed by atoms with van der Waals surface area (Å²) < 4.78 is 0. The lowest BCUT2D eigenvalue weighted by molar-refractivity contribution is -0.130. The highest BCUT2D eigenvalue weighted by Crippen LogP contribution is 2.14. The van der Waals surface area contributed by atoms with Crippen molar-refractivity contribution in [2.75, 3.05) is 6.54 Å². The molecular weight excluding hydrogens is 308 g/mol. The van der Waals surface area contributed by atoms with E-state index in [1.807, 2.05) is 37.4 Å². The Kier molecular flexibility index (Phi) is 4.50. The fraction of sp³-hybridized carbons (Fsp3) is 0.353. The molecule has 1 fully saturated rings. The molecule has 1 aromatic heterocycles. The van der Waals surface area contributed by atoms with Crippen LogP contribution in [0.4, 0.5) is 4.79 Å². The zero-order valence-corrected chi connectivity index (χ0v) is 13.5. The van der Waals surface area contributed by atoms with Crippen LogP contribution in [0.1, 0.15) is 25.3 Å². The van der Waals surface area contributed by atoms with Crippen molar-refractivity contribution in [3.63, 3.8) is 0 Å². The van der Waals surface area contributed by atoms with Crippen molar-refractivity contribution in [3.05, 3.63) is 36.0 Å². The maximum Gasteiger partial charge on any atom is 0.324 e. The lowest BCUT2D eigenvalue weighted by atomic mass is 10.1. The maximum atomic E-state index is 12.1. The minimum absolute atomic E-state index is 0.0461. The van der Waals surface area contributed by atoms with E-state index in [1.54, 1.807) is 0 Å². The number of benzene rings is 1. The van der Waals surface area contributed by atoms with E-state index < -0.39 is 12.1 Å². The Morgan fingerprint density at radius 1 is 1.29 bits per heavy atom. The Bertz CT molecular complexity index is 783. The van der Waals surface area contributed by atoms with Gasteiger partial charge in [-0.25, -0.2) is 4.79 Å². The van der Waals surface area contributed by atoms with Crippen molar-refractivity contribution < 1.29 is 14.4 Å². The molecule has 4 amide bonds. The summed E-state index contributed by atoms with van der Waals surface area (Å²) in [5, 5.41) is 6.46. The molecule has 0 unspecified atom stereocenters. The molecule has 1 aliphatic rings. The first-order valence-corrected chi connectivity index (χ1v) is 8.03. The lowest BCUT2D eigenvalue weighted by Gasteiger charge is -2.11. The summed E-state index contributed by atoms with van der Waals surface area (Å²) in [5.74, 6) is -0.594. The van der Waals surface area contributed by atoms with Crippen LogP contribution < -0.4 is 10.6 Å². The molecule has 0 spiro atoms. The van der Waals surface area contributed by atoms with Gasteiger partial charge in [-0.1, -0.05) is 19.1 Å². The van der Waals surface area contributed by atoms with E-state index >= 15 is 0 Å². The molecule has 126 valence electrons. The van der Waals surface area contributed by atoms with Crippen LogP contribution in [-0.2, 0) is 16.1 Å². The second-order valence-electron chi connectivity index (χ2n) is 5.87. The smallest absolute Gasteiger partial charge is 0.324 e. The molecule has 0 bridgehead atoms. The molecule has 2 heterocycles. The van der Waals surface area contributed by atoms with Gasteiger partial charge < -0.3 is 15.6 Å². The van der Waals surface area contributed by atoms with Crippen molar-refractivity contribution in [1.82, 2.24) is 20.5 Å². The SMILES string of the molecule is CCCN1C(=O)N[C@H](CC(=O)NCc2ccc3cc[nH]c3c2)C1=O. The van der Waals surface area contributed by atoms with Gasteiger partial charge in [-0.15, -0.1) is 0 Å². The van der Waals surface area contributed by atoms with Crippen LogP contribution in [0.5, 0.6) is 0 Å². The molecule has 1 aliphatic heterocycles. The van der Waals surface area contributed by atoms with Gasteiger partial charge in [-0.3, -0.25) is 14.5 Å². The van der Waals surface area contributed by atoms with E-state index in [4.69, 9.17) is 0 Å². The summed E-state index contributed by atoms with van der Waals surface area (Å²) in [5.41, 5.74) is 1.97. The Morgan fingerprint density at radius 3 is 2.92 bits per heavy atom. The molecule has 3 N–H and O–H groups in total. The predicted molar refractivity (Wildman–Crippen MR) is 89.1 cm³/mol. The zero-order valence-electron chi connectivity index (χ0n) is 13.5. The molecule has 1 aromatic carbocycles. The van der Waals surface area contributed by atoms with Gasteiger partial charge in [0.25, 0.3) is 5.91 Å². The fourth-order valence-corrected chi connectivity index (χ4v) is 2.81. The van der Waals surface area contributed by atoms with Crippen LogP contribution >= 0.6 is 0 Å². The molecule has 1 atom stereocenters. The molecule has 7 nitrogen and oxygen atoms in total. The normalized spacial score (nSPS) is 17.4. The molecular formula is C17H20N4O3. The van der Waals surface area contributed by atoms with Crippen LogP contribution in [0.2, 0.25) is 0 Å². The summed E-state index contributed by atoms with van der Waals surface area (Å²) in [6, 6.07) is 6.69. The number of fused-ring (bicyclic) bond motifs is 1. The van der Waals surface area contributed by atoms with E-state index in [-0.39, 0.29) is 18.2 Å². The van der Waals surface area contributed by atoms with Crippen molar-refractivity contribution >= 4 is 28.7 Å². The van der Waals surface area contributed by atoms with Gasteiger partial charge >= 0.3 is 6.03 Å². The highest BCUT2D eigenvalue weighted by atomic mass is 16.2. The Balaban J connectivity index is 1.54. The number of rotatable bonds is 6. The average Bonchev–Trinajstić information content (AvgIpc) is 3.13. The monoisotopic (exact) mass is 328 g/mol. The molecule has 0 radical (unpaired) electrons. The number of imide groups is 1. The Hall–Kier alpha value is -2.83. The fourth-order valence-electron chi connectivity index (χ4n) is 2.81. The number of aromatic amines is 1. The van der Waals surface area contributed by atoms with Gasteiger partial charge in [0.1, 0.15) is 6.04 Å². The van der Waals surface area contributed by atoms with E-state index in [9.17, 15) is 14.4 Å². The van der Waals surface area contributed by atoms with Gasteiger partial charge in [-0.05, 0) is 29.5 Å². The molecule has 7 heteroatoms. The number of aromatic nitrogens is 1. The van der Waals surface area contributed by atoms with Crippen molar-refractivity contribution in [2.24, 2.45) is 0 Å². The highest BCUT2D eigenvalue weighted by molar-refractivity contribution is 6.05. The number of nitrogens with one attached hydrogen (secondary N) is 3. The van der Waals surface area contributed by atoms with Gasteiger partial charge in [0, 0.05) is 24.8 Å². The number of carbonyl (C=O) groups is 3. The Labute approximate surface area is 139 Å². The second-order valence-corrected chi connectivity index (χ2v) is 5.87. The molecule has 1 saturated heterocycles. The van der Waals surface area contributed by atoms with E-state index in [2.05, 4.69) is 15.6 Å². The largest absolute Gasteiger partial charge is 0.361 e. The molecule has 2 aromatic rings. The topological polar surface area (TPSA) is 94.3 Å². The van der Waals surface area contributed by atoms with Crippen LogP contribution in [0.3, 0.4) is 0 Å². The number of carbonyl (C=O) groups excluding carboxylic acids is 3. The molecule has 0 aliphatic carbocycles. The third-order valence-electron chi connectivity index (χ3n) is 4.05. The summed E-state index contributed by atoms with van der Waals surface area (Å²) in [4.78, 5) is 40.1. The van der Waals surface area contributed by atoms with Gasteiger partial charge in [0.05, 0.1) is 6.42 Å². The standard InChI is InChI=1S/C17H20N4O3/c1-2-7-21-16(23)14(20-17(21)24)9-15(22)19-10-11-3-4-12-5-6-18-13(12)8-11/h3-6,8,14,18H,2,7,9-10H2,1H3,(H,19,22)(H,20,24)/t14-/m1/s1. The number of amides is 4. The maximum absolute atomic E-state index is 12.1. The summed E-state index contributed by atoms with van der Waals surface area (Å²) in [6.07, 6.45) is 2.51. The first-order chi connectivity index (χ1) is 11.6. The second kappa shape index (κ2) is 6.74. The van der Waals surface area contributed by atoms with Crippen molar-refractivity contribution in [1.29, 1.82) is 0 Å². The highest BCUT2D eigenvalue weighted by Gasteiger charge is 2.38. The summed E-state index contributed by atoms with van der Waals surface area (Å²) in [7, 11) is 0. The molecule has 24 heavy (non-hydrogen) atoms. The van der Waals surface area contributed by atoms with E-state index in [1.165, 1.54) is 0 Å². The number of nitrogens with zero attached hydrogens (tertiary/aromatic N) is 1. The van der Waals surface area contributed by atoms with Gasteiger partial charge in [-0.2, -0.15) is 0 Å². The first kappa shape index (κ1) is 16.0. The van der Waals surface area contributed by atoms with E-state index in [0.717, 1.165) is 21.4 Å². The van der Waals surface area contributed by atoms with Crippen molar-refractivity contribution in [2.45, 2.75) is 32.4 Å².